The van der Waals surface area contributed by atoms with Crippen LogP contribution in [0.2, 0.25) is 10.0 Å². The Morgan fingerprint density at radius 1 is 1.50 bits per heavy atom. The van der Waals surface area contributed by atoms with E-state index in [1.165, 1.54) is 6.07 Å². The van der Waals surface area contributed by atoms with E-state index in [4.69, 9.17) is 23.2 Å². The van der Waals surface area contributed by atoms with Gasteiger partial charge in [0.2, 0.25) is 0 Å². The van der Waals surface area contributed by atoms with Gasteiger partial charge >= 0.3 is 6.34 Å². The second kappa shape index (κ2) is 4.78. The van der Waals surface area contributed by atoms with Crippen molar-refractivity contribution >= 4 is 35.2 Å². The molecule has 0 aliphatic rings. The highest BCUT2D eigenvalue weighted by Gasteiger charge is 2.01. The Labute approximate surface area is 89.5 Å². The van der Waals surface area contributed by atoms with E-state index in [0.717, 1.165) is 0 Å². The lowest BCUT2D eigenvalue weighted by molar-refractivity contribution is -0.339. The number of hydrazone groups is 1. The summed E-state index contributed by atoms with van der Waals surface area (Å²) >= 11 is 11.4. The molecule has 0 atom stereocenters. The van der Waals surface area contributed by atoms with Crippen molar-refractivity contribution in [3.8, 4) is 0 Å². The first-order valence-corrected chi connectivity index (χ1v) is 4.23. The average Bonchev–Trinajstić information content (AvgIpc) is 2.08. The Morgan fingerprint density at radius 2 is 2.21 bits per heavy atom. The van der Waals surface area contributed by atoms with Gasteiger partial charge in [0.15, 0.2) is 0 Å². The van der Waals surface area contributed by atoms with Gasteiger partial charge in [-0.3, -0.25) is 0 Å². The Bertz CT molecular complexity index is 381. The number of nitrogens with zero attached hydrogens (tertiary/aromatic N) is 2. The van der Waals surface area contributed by atoms with Crippen molar-refractivity contribution in [2.45, 2.75) is 0 Å². The number of nitro groups is 1. The molecule has 0 amide bonds. The number of nitrogens with one attached hydrogen (secondary N) is 1. The lowest BCUT2D eigenvalue weighted by Crippen LogP contribution is -1.97. The Morgan fingerprint density at radius 3 is 2.79 bits per heavy atom. The van der Waals surface area contributed by atoms with E-state index in [1.807, 2.05) is 0 Å². The van der Waals surface area contributed by atoms with Crippen LogP contribution in [0.25, 0.3) is 0 Å². The standard InChI is InChI=1S/C7H5Cl2N3O2/c8-5-1-2-7(6(9)3-5)11-10-4-12(13)14/h1-4,11H. The van der Waals surface area contributed by atoms with Crippen LogP contribution >= 0.6 is 23.2 Å². The number of hydrogen-bond donors (Lipinski definition) is 1. The molecule has 0 radical (unpaired) electrons. The first kappa shape index (κ1) is 10.7. The molecule has 0 unspecified atom stereocenters. The summed E-state index contributed by atoms with van der Waals surface area (Å²) in [6.07, 6.45) is 0.533. The Hall–Kier alpha value is -1.33. The monoisotopic (exact) mass is 233 g/mol. The van der Waals surface area contributed by atoms with E-state index in [9.17, 15) is 10.1 Å². The van der Waals surface area contributed by atoms with Gasteiger partial charge in [-0.05, 0) is 23.1 Å². The highest BCUT2D eigenvalue weighted by Crippen LogP contribution is 2.24. The number of hydrogen-bond acceptors (Lipinski definition) is 4. The van der Waals surface area contributed by atoms with Gasteiger partial charge in [0, 0.05) is 10.1 Å². The first-order valence-electron chi connectivity index (χ1n) is 3.47. The summed E-state index contributed by atoms with van der Waals surface area (Å²) in [4.78, 5) is 9.21. The summed E-state index contributed by atoms with van der Waals surface area (Å²) in [5.41, 5.74) is 2.86. The topological polar surface area (TPSA) is 67.5 Å². The van der Waals surface area contributed by atoms with E-state index in [2.05, 4.69) is 10.5 Å². The minimum Gasteiger partial charge on any atom is -0.358 e. The van der Waals surface area contributed by atoms with Gasteiger partial charge in [-0.1, -0.05) is 23.2 Å². The van der Waals surface area contributed by atoms with Crippen molar-refractivity contribution in [1.82, 2.24) is 0 Å². The van der Waals surface area contributed by atoms with Crippen LogP contribution in [0, 0.1) is 10.1 Å². The summed E-state index contributed by atoms with van der Waals surface area (Å²) in [5, 5.41) is 14.1. The van der Waals surface area contributed by atoms with Crippen molar-refractivity contribution < 1.29 is 4.92 Å². The van der Waals surface area contributed by atoms with Gasteiger partial charge in [0.05, 0.1) is 10.7 Å². The minimum absolute atomic E-state index is 0.345. The maximum Gasteiger partial charge on any atom is 0.352 e. The van der Waals surface area contributed by atoms with Crippen LogP contribution in [0.3, 0.4) is 0 Å². The van der Waals surface area contributed by atoms with Gasteiger partial charge < -0.3 is 10.1 Å². The molecule has 1 N–H and O–H groups in total. The van der Waals surface area contributed by atoms with Crippen molar-refractivity contribution in [2.24, 2.45) is 5.10 Å². The highest BCUT2D eigenvalue weighted by molar-refractivity contribution is 6.36. The SMILES string of the molecule is O=[N+]([O-])C=NNc1ccc(Cl)cc1Cl. The third-order valence-corrected chi connectivity index (χ3v) is 1.82. The van der Waals surface area contributed by atoms with Crippen LogP contribution in [0.1, 0.15) is 0 Å². The molecule has 0 aliphatic carbocycles. The number of anilines is 1. The molecule has 0 spiro atoms. The third kappa shape index (κ3) is 3.20. The molecule has 0 saturated heterocycles. The summed E-state index contributed by atoms with van der Waals surface area (Å²) in [6, 6.07) is 4.67. The molecule has 1 rings (SSSR count). The molecule has 0 fully saturated rings. The van der Waals surface area contributed by atoms with Crippen molar-refractivity contribution in [1.29, 1.82) is 0 Å². The molecule has 7 heteroatoms. The van der Waals surface area contributed by atoms with Gasteiger partial charge in [-0.15, -0.1) is 0 Å². The van der Waals surface area contributed by atoms with Crippen LogP contribution in [0.15, 0.2) is 23.3 Å². The lowest BCUT2D eigenvalue weighted by Gasteiger charge is -1.98. The highest BCUT2D eigenvalue weighted by atomic mass is 35.5. The van der Waals surface area contributed by atoms with Gasteiger partial charge in [0.25, 0.3) is 0 Å². The molecule has 1 aromatic carbocycles. The molecule has 1 aromatic rings. The third-order valence-electron chi connectivity index (χ3n) is 1.27. The Kier molecular flexibility index (Phi) is 3.67. The lowest BCUT2D eigenvalue weighted by atomic mass is 10.3. The predicted octanol–water partition coefficient (Wildman–Crippen LogP) is 2.63. The van der Waals surface area contributed by atoms with Crippen LogP contribution in [0.5, 0.6) is 0 Å². The molecular formula is C7H5Cl2N3O2. The van der Waals surface area contributed by atoms with E-state index >= 15 is 0 Å². The summed E-state index contributed by atoms with van der Waals surface area (Å²) in [5.74, 6) is 0. The number of halogens is 2. The average molecular weight is 234 g/mol. The molecule has 0 heterocycles. The molecule has 14 heavy (non-hydrogen) atoms. The smallest absolute Gasteiger partial charge is 0.352 e. The molecule has 0 aromatic heterocycles. The number of benzene rings is 1. The zero-order valence-corrected chi connectivity index (χ0v) is 8.29. The van der Waals surface area contributed by atoms with Gasteiger partial charge in [-0.25, -0.2) is 0 Å². The van der Waals surface area contributed by atoms with Crippen LogP contribution in [-0.4, -0.2) is 11.3 Å². The first-order chi connectivity index (χ1) is 6.59. The summed E-state index contributed by atoms with van der Waals surface area (Å²) < 4.78 is 0. The fourth-order valence-electron chi connectivity index (χ4n) is 0.726. The zero-order valence-electron chi connectivity index (χ0n) is 6.78. The van der Waals surface area contributed by atoms with E-state index in [0.29, 0.717) is 22.1 Å². The largest absolute Gasteiger partial charge is 0.358 e. The zero-order chi connectivity index (χ0) is 10.6. The van der Waals surface area contributed by atoms with Crippen LogP contribution in [0.4, 0.5) is 5.69 Å². The number of rotatable bonds is 3. The molecule has 0 saturated carbocycles. The van der Waals surface area contributed by atoms with E-state index < -0.39 is 4.92 Å². The summed E-state index contributed by atoms with van der Waals surface area (Å²) in [6.45, 7) is 0. The second-order valence-electron chi connectivity index (χ2n) is 2.27. The van der Waals surface area contributed by atoms with Gasteiger partial charge in [-0.2, -0.15) is 5.43 Å². The molecule has 0 aliphatic heterocycles. The normalized spacial score (nSPS) is 10.4. The predicted molar refractivity (Wildman–Crippen MR) is 55.6 cm³/mol. The molecule has 74 valence electrons. The fourth-order valence-corrected chi connectivity index (χ4v) is 1.18. The minimum atomic E-state index is -0.684. The van der Waals surface area contributed by atoms with E-state index in [1.54, 1.807) is 12.1 Å². The fraction of sp³-hybridized carbons (Fsp3) is 0. The quantitative estimate of drug-likeness (QED) is 0.378. The van der Waals surface area contributed by atoms with Gasteiger partial charge in [0.1, 0.15) is 0 Å². The van der Waals surface area contributed by atoms with Crippen molar-refractivity contribution in [3.05, 3.63) is 38.4 Å². The maximum atomic E-state index is 9.89. The van der Waals surface area contributed by atoms with Crippen LogP contribution in [-0.2, 0) is 0 Å². The van der Waals surface area contributed by atoms with Crippen molar-refractivity contribution in [2.75, 3.05) is 5.43 Å². The maximum absolute atomic E-state index is 9.89. The molecule has 0 bridgehead atoms. The van der Waals surface area contributed by atoms with E-state index in [-0.39, 0.29) is 0 Å². The molecule has 5 nitrogen and oxygen atoms in total. The van der Waals surface area contributed by atoms with Crippen LogP contribution < -0.4 is 5.43 Å². The molecular weight excluding hydrogens is 229 g/mol. The summed E-state index contributed by atoms with van der Waals surface area (Å²) in [7, 11) is 0. The van der Waals surface area contributed by atoms with Crippen molar-refractivity contribution in [3.63, 3.8) is 0 Å². The second-order valence-corrected chi connectivity index (χ2v) is 3.11. The Balaban J connectivity index is 2.73.